The number of rotatable bonds is 6. The molecule has 1 saturated heterocycles. The summed E-state index contributed by atoms with van der Waals surface area (Å²) < 4.78 is 0. The van der Waals surface area contributed by atoms with Crippen LogP contribution in [0.15, 0.2) is 17.3 Å². The van der Waals surface area contributed by atoms with Crippen LogP contribution in [0.3, 0.4) is 0 Å². The molecule has 0 spiro atoms. The summed E-state index contributed by atoms with van der Waals surface area (Å²) in [6.45, 7) is 2.37. The van der Waals surface area contributed by atoms with Crippen molar-refractivity contribution in [2.75, 3.05) is 37.8 Å². The van der Waals surface area contributed by atoms with Crippen LogP contribution in [0.1, 0.15) is 12.8 Å². The number of thioether (sulfide) groups is 1. The molecule has 0 aliphatic carbocycles. The van der Waals surface area contributed by atoms with E-state index in [0.717, 1.165) is 19.0 Å². The Labute approximate surface area is 168 Å². The lowest BCUT2D eigenvalue weighted by molar-refractivity contribution is 0.727. The topological polar surface area (TPSA) is 61.3 Å². The van der Waals surface area contributed by atoms with Crippen molar-refractivity contribution < 1.29 is 0 Å². The van der Waals surface area contributed by atoms with Gasteiger partial charge in [-0.3, -0.25) is 4.99 Å². The monoisotopic (exact) mass is 489 g/mol. The predicted octanol–water partition coefficient (Wildman–Crippen LogP) is 3.48. The molecule has 3 N–H and O–H groups in total. The third-order valence-corrected chi connectivity index (χ3v) is 5.16. The van der Waals surface area contributed by atoms with Crippen LogP contribution in [-0.2, 0) is 0 Å². The minimum atomic E-state index is 0. The molecule has 5 nitrogen and oxygen atoms in total. The molecular weight excluding hydrogens is 468 g/mol. The van der Waals surface area contributed by atoms with Crippen LogP contribution < -0.4 is 16.0 Å². The molecule has 0 bridgehead atoms. The zero-order valence-corrected chi connectivity index (χ0v) is 17.6. The van der Waals surface area contributed by atoms with E-state index in [2.05, 4.69) is 25.9 Å². The number of hydrogen-bond donors (Lipinski definition) is 3. The minimum Gasteiger partial charge on any atom is -0.367 e. The predicted molar refractivity (Wildman–Crippen MR) is 113 cm³/mol. The van der Waals surface area contributed by atoms with Crippen LogP contribution in [0.5, 0.6) is 0 Å². The van der Waals surface area contributed by atoms with Gasteiger partial charge in [-0.2, -0.15) is 11.8 Å². The first-order chi connectivity index (χ1) is 10.7. The van der Waals surface area contributed by atoms with Crippen molar-refractivity contribution in [3.63, 3.8) is 0 Å². The first-order valence-corrected chi connectivity index (χ1v) is 9.10. The number of halogens is 3. The normalized spacial score (nSPS) is 17.5. The number of aliphatic imine (C=N–C) groups is 1. The second-order valence-electron chi connectivity index (χ2n) is 4.93. The van der Waals surface area contributed by atoms with Gasteiger partial charge in [-0.1, -0.05) is 23.2 Å². The van der Waals surface area contributed by atoms with E-state index in [1.54, 1.807) is 19.3 Å². The van der Waals surface area contributed by atoms with Crippen LogP contribution in [-0.4, -0.2) is 48.6 Å². The van der Waals surface area contributed by atoms with E-state index in [1.165, 1.54) is 18.6 Å². The highest BCUT2D eigenvalue weighted by atomic mass is 127. The van der Waals surface area contributed by atoms with Crippen molar-refractivity contribution in [1.29, 1.82) is 0 Å². The second-order valence-corrected chi connectivity index (χ2v) is 7.18. The lowest BCUT2D eigenvalue weighted by atomic mass is 10.2. The lowest BCUT2D eigenvalue weighted by Gasteiger charge is -2.15. The molecule has 1 fully saturated rings. The van der Waals surface area contributed by atoms with Gasteiger partial charge in [0, 0.05) is 38.1 Å². The summed E-state index contributed by atoms with van der Waals surface area (Å²) in [5.74, 6) is 2.74. The maximum Gasteiger partial charge on any atom is 0.191 e. The standard InChI is InChI=1S/C14H21Cl2N5S.HI/c1-17-14(21-9-11-3-2-6-22-11)19-5-4-18-13-12(16)7-10(15)8-20-13;/h7-8,11H,2-6,9H2,1H3,(H,18,20)(H2,17,19,21);1H. The molecule has 2 heterocycles. The zero-order chi connectivity index (χ0) is 15.8. The molecular formula is C14H22Cl2IN5S. The van der Waals surface area contributed by atoms with E-state index in [9.17, 15) is 0 Å². The Morgan fingerprint density at radius 1 is 1.39 bits per heavy atom. The molecule has 0 saturated carbocycles. The summed E-state index contributed by atoms with van der Waals surface area (Å²) in [4.78, 5) is 8.37. The van der Waals surface area contributed by atoms with Crippen molar-refractivity contribution in [2.45, 2.75) is 18.1 Å². The van der Waals surface area contributed by atoms with Gasteiger partial charge in [0.25, 0.3) is 0 Å². The van der Waals surface area contributed by atoms with Crippen molar-refractivity contribution in [3.05, 3.63) is 22.3 Å². The molecule has 0 aromatic carbocycles. The summed E-state index contributed by atoms with van der Waals surface area (Å²) in [7, 11) is 1.78. The summed E-state index contributed by atoms with van der Waals surface area (Å²) in [6.07, 6.45) is 4.18. The quantitative estimate of drug-likeness (QED) is 0.247. The molecule has 1 aromatic heterocycles. The van der Waals surface area contributed by atoms with Crippen molar-refractivity contribution in [2.24, 2.45) is 4.99 Å². The fraction of sp³-hybridized carbons (Fsp3) is 0.571. The Kier molecular flexibility index (Phi) is 10.4. The molecule has 0 amide bonds. The maximum absolute atomic E-state index is 6.05. The van der Waals surface area contributed by atoms with E-state index >= 15 is 0 Å². The van der Waals surface area contributed by atoms with E-state index in [1.807, 2.05) is 11.8 Å². The Balaban J connectivity index is 0.00000264. The number of nitrogens with zero attached hydrogens (tertiary/aromatic N) is 2. The Bertz CT molecular complexity index is 512. The van der Waals surface area contributed by atoms with Gasteiger partial charge in [0.15, 0.2) is 5.96 Å². The highest BCUT2D eigenvalue weighted by Gasteiger charge is 2.15. The van der Waals surface area contributed by atoms with E-state index in [0.29, 0.717) is 27.7 Å². The maximum atomic E-state index is 6.05. The molecule has 2 rings (SSSR count). The highest BCUT2D eigenvalue weighted by Crippen LogP contribution is 2.25. The summed E-state index contributed by atoms with van der Waals surface area (Å²) in [6, 6.07) is 1.67. The summed E-state index contributed by atoms with van der Waals surface area (Å²) >= 11 is 13.9. The lowest BCUT2D eigenvalue weighted by Crippen LogP contribution is -2.41. The molecule has 23 heavy (non-hydrogen) atoms. The molecule has 1 aliphatic heterocycles. The summed E-state index contributed by atoms with van der Waals surface area (Å²) in [5.41, 5.74) is 0. The van der Waals surface area contributed by atoms with Gasteiger partial charge >= 0.3 is 0 Å². The largest absolute Gasteiger partial charge is 0.367 e. The molecule has 9 heteroatoms. The first kappa shape index (κ1) is 20.9. The number of hydrogen-bond acceptors (Lipinski definition) is 4. The molecule has 1 unspecified atom stereocenters. The van der Waals surface area contributed by atoms with Crippen molar-refractivity contribution in [3.8, 4) is 0 Å². The Morgan fingerprint density at radius 3 is 2.87 bits per heavy atom. The van der Waals surface area contributed by atoms with Crippen LogP contribution in [0.2, 0.25) is 10.0 Å². The van der Waals surface area contributed by atoms with E-state index < -0.39 is 0 Å². The van der Waals surface area contributed by atoms with Crippen LogP contribution in [0, 0.1) is 0 Å². The van der Waals surface area contributed by atoms with Gasteiger partial charge in [0.1, 0.15) is 5.82 Å². The average Bonchev–Trinajstić information content (AvgIpc) is 3.01. The fourth-order valence-electron chi connectivity index (χ4n) is 2.14. The van der Waals surface area contributed by atoms with Crippen molar-refractivity contribution >= 4 is 70.7 Å². The number of pyridine rings is 1. The van der Waals surface area contributed by atoms with Gasteiger partial charge in [0.05, 0.1) is 10.0 Å². The van der Waals surface area contributed by atoms with Crippen molar-refractivity contribution in [1.82, 2.24) is 15.6 Å². The smallest absolute Gasteiger partial charge is 0.191 e. The van der Waals surface area contributed by atoms with Crippen LogP contribution >= 0.6 is 58.9 Å². The molecule has 1 aliphatic rings. The molecule has 0 radical (unpaired) electrons. The fourth-order valence-corrected chi connectivity index (χ4v) is 3.79. The van der Waals surface area contributed by atoms with Gasteiger partial charge in [-0.25, -0.2) is 4.98 Å². The number of guanidine groups is 1. The second kappa shape index (κ2) is 11.4. The molecule has 1 atom stereocenters. The van der Waals surface area contributed by atoms with Crippen LogP contribution in [0.25, 0.3) is 0 Å². The van der Waals surface area contributed by atoms with Crippen LogP contribution in [0.4, 0.5) is 5.82 Å². The zero-order valence-electron chi connectivity index (χ0n) is 12.9. The van der Waals surface area contributed by atoms with Gasteiger partial charge in [-0.05, 0) is 24.7 Å². The third-order valence-electron chi connectivity index (χ3n) is 3.26. The first-order valence-electron chi connectivity index (χ1n) is 7.30. The number of nitrogens with one attached hydrogen (secondary N) is 3. The van der Waals surface area contributed by atoms with Gasteiger partial charge in [0.2, 0.25) is 0 Å². The average molecular weight is 490 g/mol. The number of aromatic nitrogens is 1. The van der Waals surface area contributed by atoms with E-state index in [4.69, 9.17) is 23.2 Å². The third kappa shape index (κ3) is 7.53. The Morgan fingerprint density at radius 2 is 2.22 bits per heavy atom. The number of anilines is 1. The minimum absolute atomic E-state index is 0. The van der Waals surface area contributed by atoms with Gasteiger partial charge < -0.3 is 16.0 Å². The molecule has 1 aromatic rings. The summed E-state index contributed by atoms with van der Waals surface area (Å²) in [5, 5.41) is 11.5. The van der Waals surface area contributed by atoms with Gasteiger partial charge in [-0.15, -0.1) is 24.0 Å². The SMILES string of the molecule is CN=C(NCCNc1ncc(Cl)cc1Cl)NCC1CCCS1.I. The Hall–Kier alpha value is -0.120. The van der Waals surface area contributed by atoms with E-state index in [-0.39, 0.29) is 24.0 Å². The molecule has 130 valence electrons. The highest BCUT2D eigenvalue weighted by molar-refractivity contribution is 14.0.